The number of nitrogens with zero attached hydrogens (tertiary/aromatic N) is 2. The van der Waals surface area contributed by atoms with Gasteiger partial charge in [-0.15, -0.1) is 11.6 Å². The first-order chi connectivity index (χ1) is 17.9. The van der Waals surface area contributed by atoms with Gasteiger partial charge < -0.3 is 8.83 Å². The van der Waals surface area contributed by atoms with Crippen molar-refractivity contribution in [2.45, 2.75) is 107 Å². The highest BCUT2D eigenvalue weighted by Gasteiger charge is 2.43. The summed E-state index contributed by atoms with van der Waals surface area (Å²) in [5.74, 6) is 4.00. The summed E-state index contributed by atoms with van der Waals surface area (Å²) in [5.41, 5.74) is 0. The van der Waals surface area contributed by atoms with E-state index >= 15 is 0 Å². The summed E-state index contributed by atoms with van der Waals surface area (Å²) in [6, 6.07) is 0. The third-order valence-electron chi connectivity index (χ3n) is 8.75. The Morgan fingerprint density at radius 1 is 0.684 bits per heavy atom. The lowest BCUT2D eigenvalue weighted by molar-refractivity contribution is 0.267. The maximum absolute atomic E-state index is 6.57. The third-order valence-corrected chi connectivity index (χ3v) is 11.3. The zero-order valence-corrected chi connectivity index (χ0v) is 26.7. The maximum Gasteiger partial charge on any atom is 0.199 e. The lowest BCUT2D eigenvalue weighted by Crippen LogP contribution is -2.33. The minimum atomic E-state index is -1.35. The van der Waals surface area contributed by atoms with Crippen LogP contribution in [0, 0.1) is 11.8 Å². The fourth-order valence-electron chi connectivity index (χ4n) is 6.45. The predicted octanol–water partition coefficient (Wildman–Crippen LogP) is 11.3. The molecule has 5 rings (SSSR count). The number of hydrogen-bond donors (Lipinski definition) is 0. The van der Waals surface area contributed by atoms with Gasteiger partial charge in [-0.3, -0.25) is 0 Å². The van der Waals surface area contributed by atoms with Crippen LogP contribution in [-0.2, 0) is 0 Å². The molecule has 2 aromatic rings. The highest BCUT2D eigenvalue weighted by Crippen LogP contribution is 2.50. The monoisotopic (exact) mass is 682 g/mol. The van der Waals surface area contributed by atoms with Gasteiger partial charge in [-0.1, -0.05) is 81.2 Å². The summed E-state index contributed by atoms with van der Waals surface area (Å²) < 4.78 is 9.94. The molecular formula is C26H30Cl8N2O2. The molecule has 2 heterocycles. The van der Waals surface area contributed by atoms with Gasteiger partial charge in [0.25, 0.3) is 0 Å². The molecule has 3 unspecified atom stereocenters. The largest absolute Gasteiger partial charge is 0.445 e. The minimum absolute atomic E-state index is 0.0590. The number of rotatable bonds is 4. The van der Waals surface area contributed by atoms with E-state index < -0.39 is 7.59 Å². The zero-order chi connectivity index (χ0) is 27.2. The molecule has 0 spiro atoms. The van der Waals surface area contributed by atoms with Crippen LogP contribution in [0.25, 0.3) is 0 Å². The Morgan fingerprint density at radius 3 is 1.84 bits per heavy atom. The van der Waals surface area contributed by atoms with Crippen LogP contribution in [0.4, 0.5) is 0 Å². The Bertz CT molecular complexity index is 1080. The molecular weight excluding hydrogens is 656 g/mol. The van der Waals surface area contributed by atoms with Crippen LogP contribution in [0.15, 0.2) is 15.0 Å². The lowest BCUT2D eigenvalue weighted by Gasteiger charge is -2.35. The molecule has 3 atom stereocenters. The number of alkyl halides is 7. The first-order valence-electron chi connectivity index (χ1n) is 13.3. The molecule has 4 nitrogen and oxygen atoms in total. The molecule has 0 aromatic carbocycles. The van der Waals surface area contributed by atoms with E-state index in [-0.39, 0.29) is 40.9 Å². The van der Waals surface area contributed by atoms with Crippen molar-refractivity contribution in [2.24, 2.45) is 11.8 Å². The summed E-state index contributed by atoms with van der Waals surface area (Å²) in [5, 5.41) is 0.256. The van der Waals surface area contributed by atoms with Gasteiger partial charge in [0, 0.05) is 40.9 Å². The summed E-state index contributed by atoms with van der Waals surface area (Å²) in [6.45, 7) is 0. The van der Waals surface area contributed by atoms with E-state index in [4.69, 9.17) is 102 Å². The molecule has 2 aromatic heterocycles. The van der Waals surface area contributed by atoms with Crippen molar-refractivity contribution in [2.75, 3.05) is 0 Å². The Balaban J connectivity index is 1.15. The Hall–Kier alpha value is 0.740. The second kappa shape index (κ2) is 12.2. The number of oxazole rings is 2. The average Bonchev–Trinajstić information content (AvgIpc) is 3.50. The van der Waals surface area contributed by atoms with E-state index in [9.17, 15) is 0 Å². The summed E-state index contributed by atoms with van der Waals surface area (Å²) in [7, 11) is 0. The van der Waals surface area contributed by atoms with Gasteiger partial charge in [0.2, 0.25) is 0 Å². The van der Waals surface area contributed by atoms with Gasteiger partial charge in [-0.25, -0.2) is 9.97 Å². The highest BCUT2D eigenvalue weighted by atomic mass is 35.6. The Kier molecular flexibility index (Phi) is 9.66. The highest BCUT2D eigenvalue weighted by molar-refractivity contribution is 6.68. The molecule has 3 aliphatic rings. The van der Waals surface area contributed by atoms with Crippen LogP contribution in [0.3, 0.4) is 0 Å². The van der Waals surface area contributed by atoms with Gasteiger partial charge in [-0.05, 0) is 70.6 Å². The second-order valence-corrected chi connectivity index (χ2v) is 16.8. The van der Waals surface area contributed by atoms with Crippen LogP contribution < -0.4 is 0 Å². The van der Waals surface area contributed by atoms with Crippen molar-refractivity contribution < 1.29 is 8.83 Å². The van der Waals surface area contributed by atoms with Crippen LogP contribution in [0.5, 0.6) is 0 Å². The van der Waals surface area contributed by atoms with Crippen molar-refractivity contribution >= 4 is 92.8 Å². The second-order valence-electron chi connectivity index (χ2n) is 11.1. The van der Waals surface area contributed by atoms with Crippen molar-refractivity contribution in [1.82, 2.24) is 9.97 Å². The number of halogens is 8. The molecule has 0 radical (unpaired) electrons. The number of aromatic nitrogens is 2. The molecule has 12 heteroatoms. The zero-order valence-electron chi connectivity index (χ0n) is 20.6. The Labute approximate surface area is 263 Å². The third kappa shape index (κ3) is 6.86. The molecule has 3 aliphatic carbocycles. The SMILES string of the molecule is Clc1nc(C2CCC(c3ncc(C4CCC(C(Cl)(Cl)Cl)C(Cl)C4)o3)CC2)oc1C1CCC(C(Cl)(Cl)Cl)CC1. The molecule has 0 aliphatic heterocycles. The van der Waals surface area contributed by atoms with Crippen molar-refractivity contribution in [3.63, 3.8) is 0 Å². The lowest BCUT2D eigenvalue weighted by atomic mass is 9.81. The smallest absolute Gasteiger partial charge is 0.199 e. The molecule has 0 bridgehead atoms. The van der Waals surface area contributed by atoms with E-state index in [2.05, 4.69) is 9.97 Å². The minimum Gasteiger partial charge on any atom is -0.445 e. The molecule has 0 N–H and O–H groups in total. The molecule has 3 fully saturated rings. The average molecular weight is 686 g/mol. The first kappa shape index (κ1) is 30.2. The molecule has 0 amide bonds. The summed E-state index contributed by atoms with van der Waals surface area (Å²) in [6.07, 6.45) is 11.4. The molecule has 212 valence electrons. The van der Waals surface area contributed by atoms with E-state index in [1.807, 2.05) is 6.20 Å². The van der Waals surface area contributed by atoms with Crippen LogP contribution in [-0.4, -0.2) is 22.9 Å². The fraction of sp³-hybridized carbons (Fsp3) is 0.769. The number of hydrogen-bond acceptors (Lipinski definition) is 4. The van der Waals surface area contributed by atoms with Crippen molar-refractivity contribution in [1.29, 1.82) is 0 Å². The van der Waals surface area contributed by atoms with Gasteiger partial charge in [-0.2, -0.15) is 0 Å². The van der Waals surface area contributed by atoms with Crippen molar-refractivity contribution in [3.05, 3.63) is 34.7 Å². The van der Waals surface area contributed by atoms with Crippen LogP contribution >= 0.6 is 92.8 Å². The van der Waals surface area contributed by atoms with E-state index in [0.29, 0.717) is 11.6 Å². The van der Waals surface area contributed by atoms with Crippen LogP contribution in [0.1, 0.15) is 118 Å². The topological polar surface area (TPSA) is 52.1 Å². The van der Waals surface area contributed by atoms with Crippen LogP contribution in [0.2, 0.25) is 5.15 Å². The summed E-state index contributed by atoms with van der Waals surface area (Å²) in [4.78, 5) is 9.24. The van der Waals surface area contributed by atoms with Gasteiger partial charge in [0.05, 0.1) is 6.20 Å². The van der Waals surface area contributed by atoms with Gasteiger partial charge in [0.15, 0.2) is 24.5 Å². The molecule has 0 saturated heterocycles. The fourth-order valence-corrected chi connectivity index (χ4v) is 8.88. The Morgan fingerprint density at radius 2 is 1.26 bits per heavy atom. The van der Waals surface area contributed by atoms with E-state index in [1.54, 1.807) is 0 Å². The normalized spacial score (nSPS) is 33.4. The van der Waals surface area contributed by atoms with E-state index in [1.165, 1.54) is 0 Å². The predicted molar refractivity (Wildman–Crippen MR) is 157 cm³/mol. The van der Waals surface area contributed by atoms with Gasteiger partial charge in [0.1, 0.15) is 11.5 Å². The first-order valence-corrected chi connectivity index (χ1v) is 16.4. The molecule has 38 heavy (non-hydrogen) atoms. The van der Waals surface area contributed by atoms with E-state index in [0.717, 1.165) is 87.5 Å². The molecule has 3 saturated carbocycles. The summed E-state index contributed by atoms with van der Waals surface area (Å²) >= 11 is 49.7. The van der Waals surface area contributed by atoms with Crippen molar-refractivity contribution in [3.8, 4) is 0 Å². The standard InChI is InChI=1S/C26H30Cl8N2O2/c27-19-11-16(7-10-18(19)26(32,33)34)20-12-35-23(37-20)14-1-3-15(4-2-14)24-36-22(28)21(38-24)13-5-8-17(9-6-13)25(29,30)31/h12-19H,1-11H2. The quantitative estimate of drug-likeness (QED) is 0.301. The maximum atomic E-state index is 6.57. The van der Waals surface area contributed by atoms with Gasteiger partial charge >= 0.3 is 0 Å².